The molecule has 1 aliphatic carbocycles. The molecule has 1 saturated heterocycles. The lowest BCUT2D eigenvalue weighted by Gasteiger charge is -2.42. The second kappa shape index (κ2) is 7.68. The SMILES string of the molecule is C[Si](C)(C)CCS(=O)(=O)N1CC[C@@]2(Cc3ccccc3)Cc3ccccc3C[C@@H]12. The molecule has 4 rings (SSSR count). The summed E-state index contributed by atoms with van der Waals surface area (Å²) in [6.07, 6.45) is 3.72. The quantitative estimate of drug-likeness (QED) is 0.624. The van der Waals surface area contributed by atoms with Gasteiger partial charge in [0.15, 0.2) is 0 Å². The number of fused-ring (bicyclic) bond motifs is 2. The fourth-order valence-electron chi connectivity index (χ4n) is 5.16. The van der Waals surface area contributed by atoms with Crippen molar-refractivity contribution in [3.05, 3.63) is 71.3 Å². The molecule has 0 saturated carbocycles. The first-order chi connectivity index (χ1) is 13.7. The van der Waals surface area contributed by atoms with Crippen molar-refractivity contribution in [2.75, 3.05) is 12.3 Å². The zero-order valence-electron chi connectivity index (χ0n) is 17.9. The van der Waals surface area contributed by atoms with Crippen LogP contribution in [-0.2, 0) is 29.3 Å². The van der Waals surface area contributed by atoms with Crippen molar-refractivity contribution in [3.8, 4) is 0 Å². The summed E-state index contributed by atoms with van der Waals surface area (Å²) in [6.45, 7) is 7.43. The van der Waals surface area contributed by atoms with Crippen LogP contribution in [0, 0.1) is 5.41 Å². The maximum Gasteiger partial charge on any atom is 0.214 e. The van der Waals surface area contributed by atoms with Crippen LogP contribution >= 0.6 is 0 Å². The highest BCUT2D eigenvalue weighted by molar-refractivity contribution is 7.89. The summed E-state index contributed by atoms with van der Waals surface area (Å²) in [5.74, 6) is 0.308. The molecule has 0 bridgehead atoms. The summed E-state index contributed by atoms with van der Waals surface area (Å²) in [6, 6.07) is 20.2. The van der Waals surface area contributed by atoms with Gasteiger partial charge in [-0.2, -0.15) is 4.31 Å². The number of sulfonamides is 1. The standard InChI is InChI=1S/C24H33NO2SSi/c1-29(2,3)16-15-28(26,27)25-14-13-24(18-20-9-5-4-6-10-20)19-22-12-8-7-11-21(22)17-23(24)25/h4-12,23H,13-19H2,1-3H3/t23-,24-/m1/s1. The predicted molar refractivity (Wildman–Crippen MR) is 123 cm³/mol. The van der Waals surface area contributed by atoms with E-state index < -0.39 is 18.1 Å². The molecule has 29 heavy (non-hydrogen) atoms. The van der Waals surface area contributed by atoms with Gasteiger partial charge in [0.2, 0.25) is 10.0 Å². The van der Waals surface area contributed by atoms with Gasteiger partial charge in [0.25, 0.3) is 0 Å². The lowest BCUT2D eigenvalue weighted by Crippen LogP contribution is -2.49. The van der Waals surface area contributed by atoms with Crippen LogP contribution in [0.25, 0.3) is 0 Å². The molecule has 1 fully saturated rings. The van der Waals surface area contributed by atoms with Crippen LogP contribution in [0.5, 0.6) is 0 Å². The monoisotopic (exact) mass is 427 g/mol. The van der Waals surface area contributed by atoms with E-state index in [1.165, 1.54) is 16.7 Å². The highest BCUT2D eigenvalue weighted by Gasteiger charge is 2.52. The largest absolute Gasteiger partial charge is 0.214 e. The van der Waals surface area contributed by atoms with Crippen molar-refractivity contribution in [1.29, 1.82) is 0 Å². The lowest BCUT2D eigenvalue weighted by atomic mass is 9.65. The van der Waals surface area contributed by atoms with Gasteiger partial charge in [-0.05, 0) is 53.8 Å². The first kappa shape index (κ1) is 20.8. The van der Waals surface area contributed by atoms with Crippen LogP contribution in [0.15, 0.2) is 54.6 Å². The number of rotatable bonds is 6. The van der Waals surface area contributed by atoms with Crippen LogP contribution in [0.2, 0.25) is 25.7 Å². The summed E-state index contributed by atoms with van der Waals surface area (Å²) in [4.78, 5) is 0. The molecule has 0 radical (unpaired) electrons. The van der Waals surface area contributed by atoms with Crippen molar-refractivity contribution in [3.63, 3.8) is 0 Å². The van der Waals surface area contributed by atoms with Gasteiger partial charge in [0.05, 0.1) is 5.75 Å². The minimum Gasteiger partial charge on any atom is -0.212 e. The predicted octanol–water partition coefficient (Wildman–Crippen LogP) is 4.76. The van der Waals surface area contributed by atoms with Gasteiger partial charge in [0, 0.05) is 20.7 Å². The topological polar surface area (TPSA) is 37.4 Å². The van der Waals surface area contributed by atoms with E-state index in [9.17, 15) is 8.42 Å². The van der Waals surface area contributed by atoms with Crippen molar-refractivity contribution in [1.82, 2.24) is 4.31 Å². The Kier molecular flexibility index (Phi) is 5.51. The summed E-state index contributed by atoms with van der Waals surface area (Å²) < 4.78 is 28.7. The average molecular weight is 428 g/mol. The Labute approximate surface area is 177 Å². The molecule has 2 aromatic carbocycles. The van der Waals surface area contributed by atoms with Gasteiger partial charge in [-0.25, -0.2) is 8.42 Å². The zero-order chi connectivity index (χ0) is 20.7. The Bertz CT molecular complexity index is 968. The normalized spacial score (nSPS) is 24.9. The van der Waals surface area contributed by atoms with Gasteiger partial charge in [0.1, 0.15) is 0 Å². The lowest BCUT2D eigenvalue weighted by molar-refractivity contribution is 0.188. The Morgan fingerprint density at radius 1 is 1.00 bits per heavy atom. The van der Waals surface area contributed by atoms with Gasteiger partial charge in [-0.3, -0.25) is 0 Å². The maximum absolute atomic E-state index is 13.4. The summed E-state index contributed by atoms with van der Waals surface area (Å²) in [5, 5.41) is 0. The fourth-order valence-corrected chi connectivity index (χ4v) is 9.93. The van der Waals surface area contributed by atoms with Crippen molar-refractivity contribution >= 4 is 18.1 Å². The number of benzene rings is 2. The third-order valence-electron chi connectivity index (χ3n) is 6.83. The Balaban J connectivity index is 1.68. The summed E-state index contributed by atoms with van der Waals surface area (Å²) in [5.41, 5.74) is 4.05. The van der Waals surface area contributed by atoms with Crippen LogP contribution in [0.1, 0.15) is 23.1 Å². The second-order valence-electron chi connectivity index (χ2n) is 10.2. The smallest absolute Gasteiger partial charge is 0.212 e. The molecule has 1 heterocycles. The summed E-state index contributed by atoms with van der Waals surface area (Å²) in [7, 11) is -4.63. The van der Waals surface area contributed by atoms with Gasteiger partial charge in [-0.1, -0.05) is 74.2 Å². The Hall–Kier alpha value is -1.43. The molecular formula is C24H33NO2SSi. The van der Waals surface area contributed by atoms with E-state index in [2.05, 4.69) is 74.2 Å². The molecule has 2 atom stereocenters. The molecule has 2 aromatic rings. The van der Waals surface area contributed by atoms with E-state index in [0.29, 0.717) is 12.3 Å². The van der Waals surface area contributed by atoms with Gasteiger partial charge in [-0.15, -0.1) is 0 Å². The van der Waals surface area contributed by atoms with E-state index in [1.807, 2.05) is 4.31 Å². The number of hydrogen-bond acceptors (Lipinski definition) is 2. The summed E-state index contributed by atoms with van der Waals surface area (Å²) >= 11 is 0. The van der Waals surface area contributed by atoms with E-state index in [4.69, 9.17) is 0 Å². The fraction of sp³-hybridized carbons (Fsp3) is 0.500. The Morgan fingerprint density at radius 2 is 1.66 bits per heavy atom. The molecule has 2 aliphatic rings. The first-order valence-corrected chi connectivity index (χ1v) is 16.1. The minimum absolute atomic E-state index is 0.00192. The van der Waals surface area contributed by atoms with Gasteiger partial charge >= 0.3 is 0 Å². The molecule has 1 aliphatic heterocycles. The molecule has 0 N–H and O–H groups in total. The Morgan fingerprint density at radius 3 is 2.34 bits per heavy atom. The average Bonchev–Trinajstić information content (AvgIpc) is 3.03. The van der Waals surface area contributed by atoms with Crippen LogP contribution in [0.3, 0.4) is 0 Å². The maximum atomic E-state index is 13.4. The molecule has 156 valence electrons. The highest BCUT2D eigenvalue weighted by Crippen LogP contribution is 2.49. The van der Waals surface area contributed by atoms with E-state index in [1.54, 1.807) is 0 Å². The molecule has 3 nitrogen and oxygen atoms in total. The number of nitrogens with zero attached hydrogens (tertiary/aromatic N) is 1. The van der Waals surface area contributed by atoms with Crippen molar-refractivity contribution in [2.24, 2.45) is 5.41 Å². The molecular weight excluding hydrogens is 394 g/mol. The first-order valence-electron chi connectivity index (χ1n) is 10.8. The molecule has 0 unspecified atom stereocenters. The van der Waals surface area contributed by atoms with Crippen molar-refractivity contribution < 1.29 is 8.42 Å². The molecule has 0 amide bonds. The molecule has 0 spiro atoms. The molecule has 0 aromatic heterocycles. The third kappa shape index (κ3) is 4.37. The van der Waals surface area contributed by atoms with Crippen LogP contribution < -0.4 is 0 Å². The zero-order valence-corrected chi connectivity index (χ0v) is 19.7. The van der Waals surface area contributed by atoms with Gasteiger partial charge < -0.3 is 0 Å². The van der Waals surface area contributed by atoms with E-state index >= 15 is 0 Å². The minimum atomic E-state index is -3.23. The van der Waals surface area contributed by atoms with E-state index in [0.717, 1.165) is 31.7 Å². The van der Waals surface area contributed by atoms with E-state index in [-0.39, 0.29) is 11.5 Å². The van der Waals surface area contributed by atoms with Crippen LogP contribution in [0.4, 0.5) is 0 Å². The van der Waals surface area contributed by atoms with Crippen molar-refractivity contribution in [2.45, 2.75) is 57.4 Å². The highest BCUT2D eigenvalue weighted by atomic mass is 32.2. The number of hydrogen-bond donors (Lipinski definition) is 0. The second-order valence-corrected chi connectivity index (χ2v) is 17.8. The van der Waals surface area contributed by atoms with Crippen LogP contribution in [-0.4, -0.2) is 39.1 Å². The molecule has 5 heteroatoms. The third-order valence-corrected chi connectivity index (χ3v) is 10.8.